The Labute approximate surface area is 85.3 Å². The van der Waals surface area contributed by atoms with Gasteiger partial charge in [-0.05, 0) is 18.9 Å². The molecule has 0 amide bonds. The zero-order valence-corrected chi connectivity index (χ0v) is 8.74. The number of hydrogen-bond acceptors (Lipinski definition) is 2. The fourth-order valence-electron chi connectivity index (χ4n) is 2.35. The van der Waals surface area contributed by atoms with Gasteiger partial charge in [-0.3, -0.25) is 0 Å². The van der Waals surface area contributed by atoms with E-state index >= 15 is 0 Å². The van der Waals surface area contributed by atoms with Crippen molar-refractivity contribution < 1.29 is 0 Å². The lowest BCUT2D eigenvalue weighted by Crippen LogP contribution is -2.48. The van der Waals surface area contributed by atoms with Gasteiger partial charge >= 0.3 is 0 Å². The molecule has 1 saturated carbocycles. The molecule has 0 radical (unpaired) electrons. The fourth-order valence-corrected chi connectivity index (χ4v) is 2.35. The molecule has 1 aromatic rings. The van der Waals surface area contributed by atoms with Gasteiger partial charge in [-0.1, -0.05) is 12.8 Å². The Bertz CT molecular complexity index is 268. The summed E-state index contributed by atoms with van der Waals surface area (Å²) in [6.45, 7) is 0. The van der Waals surface area contributed by atoms with E-state index in [1.807, 2.05) is 12.4 Å². The second-order valence-corrected chi connectivity index (χ2v) is 4.20. The number of nitrogens with one attached hydrogen (secondary N) is 1. The normalized spacial score (nSPS) is 27.6. The maximum atomic E-state index is 6.13. The van der Waals surface area contributed by atoms with Gasteiger partial charge < -0.3 is 15.6 Å². The van der Waals surface area contributed by atoms with Crippen LogP contribution in [0.15, 0.2) is 18.5 Å². The molecule has 3 heteroatoms. The highest BCUT2D eigenvalue weighted by molar-refractivity contribution is 5.44. The molecule has 14 heavy (non-hydrogen) atoms. The molecule has 1 heterocycles. The van der Waals surface area contributed by atoms with Crippen LogP contribution in [0.3, 0.4) is 0 Å². The molecule has 1 aliphatic rings. The number of hydrogen-bond donors (Lipinski definition) is 2. The van der Waals surface area contributed by atoms with Gasteiger partial charge in [-0.2, -0.15) is 0 Å². The summed E-state index contributed by atoms with van der Waals surface area (Å²) < 4.78 is 0. The van der Waals surface area contributed by atoms with Gasteiger partial charge in [-0.15, -0.1) is 0 Å². The molecule has 0 saturated heterocycles. The summed E-state index contributed by atoms with van der Waals surface area (Å²) in [6.07, 6.45) is 8.98. The fraction of sp³-hybridized carbons (Fsp3) is 0.636. The molecule has 78 valence electrons. The molecule has 0 aromatic carbocycles. The average molecular weight is 193 g/mol. The molecule has 1 fully saturated rings. The molecular weight excluding hydrogens is 174 g/mol. The maximum absolute atomic E-state index is 6.13. The molecule has 2 atom stereocenters. The Morgan fingerprint density at radius 2 is 2.21 bits per heavy atom. The number of rotatable bonds is 2. The van der Waals surface area contributed by atoms with Crippen LogP contribution in [0.4, 0.5) is 5.69 Å². The van der Waals surface area contributed by atoms with Crippen LogP contribution in [0.2, 0.25) is 0 Å². The van der Waals surface area contributed by atoms with Crippen molar-refractivity contribution >= 4 is 5.69 Å². The Kier molecular flexibility index (Phi) is 2.77. The molecule has 3 N–H and O–H groups in total. The van der Waals surface area contributed by atoms with Crippen molar-refractivity contribution in [2.24, 2.45) is 5.73 Å². The van der Waals surface area contributed by atoms with Crippen LogP contribution in [0.1, 0.15) is 25.7 Å². The molecule has 0 spiro atoms. The van der Waals surface area contributed by atoms with Crippen LogP contribution in [-0.2, 0) is 0 Å². The van der Waals surface area contributed by atoms with Crippen LogP contribution >= 0.6 is 0 Å². The van der Waals surface area contributed by atoms with E-state index in [4.69, 9.17) is 5.73 Å². The number of nitrogens with two attached hydrogens (primary N) is 1. The van der Waals surface area contributed by atoms with Gasteiger partial charge in [0.15, 0.2) is 0 Å². The second-order valence-electron chi connectivity index (χ2n) is 4.20. The lowest BCUT2D eigenvalue weighted by molar-refractivity contribution is 0.374. The average Bonchev–Trinajstić information content (AvgIpc) is 2.70. The highest BCUT2D eigenvalue weighted by Gasteiger charge is 2.25. The van der Waals surface area contributed by atoms with Crippen LogP contribution in [0.25, 0.3) is 0 Å². The third-order valence-electron chi connectivity index (χ3n) is 3.27. The number of aromatic amines is 1. The number of likely N-dealkylation sites (N-methyl/N-ethyl adjacent to an activating group) is 1. The highest BCUT2D eigenvalue weighted by atomic mass is 15.2. The van der Waals surface area contributed by atoms with Crippen LogP contribution in [0.5, 0.6) is 0 Å². The predicted octanol–water partition coefficient (Wildman–Crippen LogP) is 1.72. The van der Waals surface area contributed by atoms with Crippen LogP contribution in [-0.4, -0.2) is 24.1 Å². The third-order valence-corrected chi connectivity index (χ3v) is 3.27. The highest BCUT2D eigenvalue weighted by Crippen LogP contribution is 2.24. The first-order valence-corrected chi connectivity index (χ1v) is 5.40. The zero-order valence-electron chi connectivity index (χ0n) is 8.74. The summed E-state index contributed by atoms with van der Waals surface area (Å²) in [4.78, 5) is 5.39. The predicted molar refractivity (Wildman–Crippen MR) is 59.4 cm³/mol. The third kappa shape index (κ3) is 1.77. The minimum absolute atomic E-state index is 0.337. The largest absolute Gasteiger partial charge is 0.369 e. The van der Waals surface area contributed by atoms with Crippen molar-refractivity contribution in [3.05, 3.63) is 18.5 Å². The summed E-state index contributed by atoms with van der Waals surface area (Å²) >= 11 is 0. The van der Waals surface area contributed by atoms with E-state index in [1.165, 1.54) is 31.4 Å². The van der Waals surface area contributed by atoms with Crippen molar-refractivity contribution in [3.63, 3.8) is 0 Å². The maximum Gasteiger partial charge on any atom is 0.0544 e. The number of aromatic nitrogens is 1. The van der Waals surface area contributed by atoms with Crippen molar-refractivity contribution in [2.75, 3.05) is 11.9 Å². The van der Waals surface area contributed by atoms with E-state index in [9.17, 15) is 0 Å². The van der Waals surface area contributed by atoms with E-state index in [1.54, 1.807) is 0 Å². The Balaban J connectivity index is 2.06. The SMILES string of the molecule is CN(c1cc[nH]c1)C1CCCCC1N. The standard InChI is InChI=1S/C11H19N3/c1-14(9-6-7-13-8-9)11-5-3-2-4-10(11)12/h6-8,10-11,13H,2-5,12H2,1H3. The van der Waals surface area contributed by atoms with Gasteiger partial charge in [0.05, 0.1) is 5.69 Å². The lowest BCUT2D eigenvalue weighted by Gasteiger charge is -2.36. The summed E-state index contributed by atoms with van der Waals surface area (Å²) in [5, 5.41) is 0. The van der Waals surface area contributed by atoms with Crippen molar-refractivity contribution in [1.82, 2.24) is 4.98 Å². The minimum atomic E-state index is 0.337. The summed E-state index contributed by atoms with van der Waals surface area (Å²) in [5.41, 5.74) is 7.38. The first kappa shape index (κ1) is 9.59. The smallest absolute Gasteiger partial charge is 0.0544 e. The topological polar surface area (TPSA) is 45.0 Å². The molecule has 2 rings (SSSR count). The van der Waals surface area contributed by atoms with Gasteiger partial charge in [0, 0.05) is 31.5 Å². The van der Waals surface area contributed by atoms with E-state index in [-0.39, 0.29) is 0 Å². The Hall–Kier alpha value is -0.960. The summed E-state index contributed by atoms with van der Waals surface area (Å²) in [6, 6.07) is 2.95. The number of nitrogens with zero attached hydrogens (tertiary/aromatic N) is 1. The zero-order chi connectivity index (χ0) is 9.97. The van der Waals surface area contributed by atoms with Gasteiger partial charge in [0.1, 0.15) is 0 Å². The quantitative estimate of drug-likeness (QED) is 0.751. The molecule has 1 aliphatic carbocycles. The van der Waals surface area contributed by atoms with Crippen molar-refractivity contribution in [1.29, 1.82) is 0 Å². The van der Waals surface area contributed by atoms with Crippen LogP contribution < -0.4 is 10.6 Å². The Morgan fingerprint density at radius 1 is 1.43 bits per heavy atom. The summed E-state index contributed by atoms with van der Waals surface area (Å²) in [7, 11) is 2.14. The van der Waals surface area contributed by atoms with Crippen molar-refractivity contribution in [3.8, 4) is 0 Å². The van der Waals surface area contributed by atoms with Crippen LogP contribution in [0, 0.1) is 0 Å². The van der Waals surface area contributed by atoms with Gasteiger partial charge in [0.2, 0.25) is 0 Å². The molecule has 2 unspecified atom stereocenters. The molecule has 0 aliphatic heterocycles. The Morgan fingerprint density at radius 3 is 2.86 bits per heavy atom. The van der Waals surface area contributed by atoms with E-state index in [0.29, 0.717) is 12.1 Å². The number of H-pyrrole nitrogens is 1. The van der Waals surface area contributed by atoms with Gasteiger partial charge in [0.25, 0.3) is 0 Å². The second kappa shape index (κ2) is 4.05. The van der Waals surface area contributed by atoms with E-state index < -0.39 is 0 Å². The van der Waals surface area contributed by atoms with E-state index in [2.05, 4.69) is 23.0 Å². The molecular formula is C11H19N3. The first-order chi connectivity index (χ1) is 6.79. The lowest BCUT2D eigenvalue weighted by atomic mass is 9.90. The first-order valence-electron chi connectivity index (χ1n) is 5.40. The summed E-state index contributed by atoms with van der Waals surface area (Å²) in [5.74, 6) is 0. The number of anilines is 1. The molecule has 1 aromatic heterocycles. The minimum Gasteiger partial charge on any atom is -0.369 e. The molecule has 0 bridgehead atoms. The van der Waals surface area contributed by atoms with Crippen molar-refractivity contribution in [2.45, 2.75) is 37.8 Å². The van der Waals surface area contributed by atoms with E-state index in [0.717, 1.165) is 0 Å². The molecule has 3 nitrogen and oxygen atoms in total. The van der Waals surface area contributed by atoms with Gasteiger partial charge in [-0.25, -0.2) is 0 Å². The monoisotopic (exact) mass is 193 g/mol.